The summed E-state index contributed by atoms with van der Waals surface area (Å²) in [6.07, 6.45) is 0. The molecule has 3 rings (SSSR count). The Balaban J connectivity index is 2.63. The number of hydrogen-bond donors (Lipinski definition) is 0. The van der Waals surface area contributed by atoms with Crippen molar-refractivity contribution in [3.05, 3.63) is 52.6 Å². The minimum absolute atomic E-state index is 0.0905. The maximum absolute atomic E-state index is 4.91. The van der Waals surface area contributed by atoms with Crippen LogP contribution in [0.5, 0.6) is 0 Å². The van der Waals surface area contributed by atoms with Gasteiger partial charge in [0.15, 0.2) is 0 Å². The van der Waals surface area contributed by atoms with Gasteiger partial charge in [-0.3, -0.25) is 0 Å². The Morgan fingerprint density at radius 3 is 2.14 bits per heavy atom. The van der Waals surface area contributed by atoms with E-state index in [1.165, 1.54) is 33.0 Å². The van der Waals surface area contributed by atoms with E-state index in [4.69, 9.17) is 4.98 Å². The van der Waals surface area contributed by atoms with Crippen molar-refractivity contribution in [3.63, 3.8) is 0 Å². The normalized spacial score (nSPS) is 12.3. The summed E-state index contributed by atoms with van der Waals surface area (Å²) in [5.74, 6) is 0. The monoisotopic (exact) mass is 277 g/mol. The largest absolute Gasteiger partial charge is 0.248 e. The predicted octanol–water partition coefficient (Wildman–Crippen LogP) is 5.61. The molecule has 1 aromatic heterocycles. The van der Waals surface area contributed by atoms with Crippen LogP contribution in [0.25, 0.3) is 21.8 Å². The van der Waals surface area contributed by atoms with Crippen molar-refractivity contribution in [3.8, 4) is 0 Å². The molecular formula is C20H23N. The zero-order valence-electron chi connectivity index (χ0n) is 13.8. The van der Waals surface area contributed by atoms with Crippen LogP contribution >= 0.6 is 0 Å². The minimum atomic E-state index is 0.0905. The summed E-state index contributed by atoms with van der Waals surface area (Å²) in [6, 6.07) is 11.0. The van der Waals surface area contributed by atoms with Crippen molar-refractivity contribution >= 4 is 21.8 Å². The highest BCUT2D eigenvalue weighted by molar-refractivity contribution is 6.00. The van der Waals surface area contributed by atoms with E-state index in [0.717, 1.165) is 11.0 Å². The van der Waals surface area contributed by atoms with E-state index < -0.39 is 0 Å². The lowest BCUT2D eigenvalue weighted by molar-refractivity contribution is 0.600. The third kappa shape index (κ3) is 2.21. The van der Waals surface area contributed by atoms with Crippen LogP contribution in [0, 0.1) is 20.8 Å². The summed E-state index contributed by atoms with van der Waals surface area (Å²) in [6.45, 7) is 13.4. The van der Waals surface area contributed by atoms with Crippen LogP contribution in [0.15, 0.2) is 30.3 Å². The van der Waals surface area contributed by atoms with Gasteiger partial charge in [0.1, 0.15) is 0 Å². The highest BCUT2D eigenvalue weighted by atomic mass is 14.7. The molecule has 0 saturated heterocycles. The summed E-state index contributed by atoms with van der Waals surface area (Å²) in [5, 5.41) is 2.62. The third-order valence-electron chi connectivity index (χ3n) is 4.37. The Kier molecular flexibility index (Phi) is 3.05. The van der Waals surface area contributed by atoms with E-state index in [2.05, 4.69) is 71.9 Å². The Labute approximate surface area is 127 Å². The van der Waals surface area contributed by atoms with Gasteiger partial charge in [0.25, 0.3) is 0 Å². The van der Waals surface area contributed by atoms with Crippen LogP contribution in [-0.2, 0) is 5.41 Å². The van der Waals surface area contributed by atoms with Gasteiger partial charge < -0.3 is 0 Å². The molecule has 0 radical (unpaired) electrons. The van der Waals surface area contributed by atoms with Crippen LogP contribution in [0.4, 0.5) is 0 Å². The number of rotatable bonds is 0. The van der Waals surface area contributed by atoms with Crippen LogP contribution in [0.2, 0.25) is 0 Å². The van der Waals surface area contributed by atoms with Crippen LogP contribution < -0.4 is 0 Å². The Bertz CT molecular complexity index is 851. The second-order valence-corrected chi connectivity index (χ2v) is 7.16. The van der Waals surface area contributed by atoms with Crippen molar-refractivity contribution in [2.75, 3.05) is 0 Å². The molecule has 0 bridgehead atoms. The minimum Gasteiger partial charge on any atom is -0.248 e. The number of pyridine rings is 1. The summed E-state index contributed by atoms with van der Waals surface area (Å²) >= 11 is 0. The first-order valence-corrected chi connectivity index (χ1v) is 7.60. The average Bonchev–Trinajstić information content (AvgIpc) is 2.37. The molecule has 108 valence electrons. The topological polar surface area (TPSA) is 12.9 Å². The fourth-order valence-corrected chi connectivity index (χ4v) is 3.21. The molecule has 2 aromatic carbocycles. The zero-order chi connectivity index (χ0) is 15.4. The van der Waals surface area contributed by atoms with Crippen LogP contribution in [0.1, 0.15) is 43.0 Å². The molecule has 0 N–H and O–H groups in total. The molecule has 1 heterocycles. The van der Waals surface area contributed by atoms with E-state index in [1.807, 2.05) is 0 Å². The van der Waals surface area contributed by atoms with Crippen molar-refractivity contribution in [1.82, 2.24) is 4.98 Å². The maximum atomic E-state index is 4.91. The average molecular weight is 277 g/mol. The highest BCUT2D eigenvalue weighted by Crippen LogP contribution is 2.37. The van der Waals surface area contributed by atoms with Gasteiger partial charge in [-0.2, -0.15) is 0 Å². The summed E-state index contributed by atoms with van der Waals surface area (Å²) < 4.78 is 0. The fraction of sp³-hybridized carbons (Fsp3) is 0.350. The molecule has 1 nitrogen and oxygen atoms in total. The van der Waals surface area contributed by atoms with Crippen molar-refractivity contribution in [1.29, 1.82) is 0 Å². The predicted molar refractivity (Wildman–Crippen MR) is 92.2 cm³/mol. The van der Waals surface area contributed by atoms with Gasteiger partial charge in [-0.25, -0.2) is 4.98 Å². The molecule has 0 saturated carbocycles. The number of aromatic nitrogens is 1. The number of fused-ring (bicyclic) bond motifs is 2. The molecule has 0 aliphatic carbocycles. The standard InChI is InChI=1S/C20H23N/c1-12-8-7-9-16-18(12)19(20(4,5)6)15-10-13(2)14(3)11-17(15)21-16/h7-11H,1-6H3. The van der Waals surface area contributed by atoms with E-state index in [0.29, 0.717) is 0 Å². The lowest BCUT2D eigenvalue weighted by Crippen LogP contribution is -2.14. The van der Waals surface area contributed by atoms with Crippen molar-refractivity contribution < 1.29 is 0 Å². The molecule has 0 unspecified atom stereocenters. The number of nitrogens with zero attached hydrogens (tertiary/aromatic N) is 1. The molecule has 0 amide bonds. The summed E-state index contributed by atoms with van der Waals surface area (Å²) in [7, 11) is 0. The smallest absolute Gasteiger partial charge is 0.0715 e. The number of hydrogen-bond acceptors (Lipinski definition) is 1. The van der Waals surface area contributed by atoms with Crippen LogP contribution in [-0.4, -0.2) is 4.98 Å². The first-order chi connectivity index (χ1) is 9.79. The molecule has 0 spiro atoms. The molecule has 1 heteroatoms. The molecule has 0 fully saturated rings. The number of aryl methyl sites for hydroxylation is 3. The zero-order valence-corrected chi connectivity index (χ0v) is 13.8. The third-order valence-corrected chi connectivity index (χ3v) is 4.37. The molecule has 0 atom stereocenters. The Morgan fingerprint density at radius 1 is 0.810 bits per heavy atom. The highest BCUT2D eigenvalue weighted by Gasteiger charge is 2.22. The van der Waals surface area contributed by atoms with Gasteiger partial charge in [0, 0.05) is 10.8 Å². The first kappa shape index (κ1) is 14.1. The molecule has 0 aliphatic heterocycles. The fourth-order valence-electron chi connectivity index (χ4n) is 3.21. The summed E-state index contributed by atoms with van der Waals surface area (Å²) in [4.78, 5) is 4.91. The molecule has 21 heavy (non-hydrogen) atoms. The van der Waals surface area contributed by atoms with Gasteiger partial charge >= 0.3 is 0 Å². The van der Waals surface area contributed by atoms with Crippen molar-refractivity contribution in [2.24, 2.45) is 0 Å². The summed E-state index contributed by atoms with van der Waals surface area (Å²) in [5.41, 5.74) is 7.68. The molecule has 3 aromatic rings. The van der Waals surface area contributed by atoms with Gasteiger partial charge in [-0.1, -0.05) is 32.9 Å². The molecule has 0 aliphatic rings. The van der Waals surface area contributed by atoms with Gasteiger partial charge in [-0.15, -0.1) is 0 Å². The first-order valence-electron chi connectivity index (χ1n) is 7.60. The molecular weight excluding hydrogens is 254 g/mol. The van der Waals surface area contributed by atoms with Crippen molar-refractivity contribution in [2.45, 2.75) is 47.0 Å². The lowest BCUT2D eigenvalue weighted by Gasteiger charge is -2.25. The van der Waals surface area contributed by atoms with E-state index >= 15 is 0 Å². The number of benzene rings is 2. The van der Waals surface area contributed by atoms with Crippen LogP contribution in [0.3, 0.4) is 0 Å². The SMILES string of the molecule is Cc1cc2nc3cccc(C)c3c(C(C)(C)C)c2cc1C. The Hall–Kier alpha value is -1.89. The lowest BCUT2D eigenvalue weighted by atomic mass is 9.80. The second kappa shape index (κ2) is 4.56. The van der Waals surface area contributed by atoms with Gasteiger partial charge in [0.2, 0.25) is 0 Å². The van der Waals surface area contributed by atoms with Gasteiger partial charge in [0.05, 0.1) is 11.0 Å². The van der Waals surface area contributed by atoms with E-state index in [1.54, 1.807) is 0 Å². The van der Waals surface area contributed by atoms with E-state index in [-0.39, 0.29) is 5.41 Å². The van der Waals surface area contributed by atoms with E-state index in [9.17, 15) is 0 Å². The maximum Gasteiger partial charge on any atom is 0.0715 e. The second-order valence-electron chi connectivity index (χ2n) is 7.16. The quantitative estimate of drug-likeness (QED) is 0.487. The Morgan fingerprint density at radius 2 is 1.48 bits per heavy atom. The van der Waals surface area contributed by atoms with Gasteiger partial charge in [-0.05, 0) is 66.6 Å².